The lowest BCUT2D eigenvalue weighted by Crippen LogP contribution is -2.50. The predicted octanol–water partition coefficient (Wildman–Crippen LogP) is 5.89. The van der Waals surface area contributed by atoms with Crippen molar-refractivity contribution in [2.24, 2.45) is 0 Å². The van der Waals surface area contributed by atoms with Gasteiger partial charge in [-0.05, 0) is 49.1 Å². The van der Waals surface area contributed by atoms with Crippen molar-refractivity contribution in [1.82, 2.24) is 10.2 Å². The molecule has 0 heterocycles. The van der Waals surface area contributed by atoms with E-state index in [4.69, 9.17) is 11.6 Å². The number of unbranched alkanes of at least 4 members (excludes halogenated alkanes) is 1. The summed E-state index contributed by atoms with van der Waals surface area (Å²) >= 11 is 6.15. The van der Waals surface area contributed by atoms with E-state index in [0.29, 0.717) is 17.3 Å². The van der Waals surface area contributed by atoms with E-state index < -0.39 is 21.9 Å². The third kappa shape index (κ3) is 9.56. The number of hydrogen-bond donors (Lipinski definition) is 1. The van der Waals surface area contributed by atoms with Crippen LogP contribution in [-0.2, 0) is 32.6 Å². The van der Waals surface area contributed by atoms with Gasteiger partial charge in [-0.15, -0.1) is 0 Å². The molecule has 0 aliphatic heterocycles. The van der Waals surface area contributed by atoms with Crippen LogP contribution < -0.4 is 9.62 Å². The number of aryl methyl sites for hydroxylation is 1. The SMILES string of the molecule is CCCCNC(=O)[C@@H](Cc1ccccc1)N(Cc1ccccc1F)C(=O)CCCN(c1cc(Cl)ccc1C)S(C)(=O)=O. The molecule has 42 heavy (non-hydrogen) atoms. The highest BCUT2D eigenvalue weighted by Gasteiger charge is 2.31. The number of nitrogens with one attached hydrogen (secondary N) is 1. The topological polar surface area (TPSA) is 86.8 Å². The molecule has 2 amide bonds. The maximum absolute atomic E-state index is 14.8. The maximum atomic E-state index is 14.8. The molecule has 0 aliphatic carbocycles. The molecule has 0 spiro atoms. The van der Waals surface area contributed by atoms with Gasteiger partial charge >= 0.3 is 0 Å². The Labute approximate surface area is 253 Å². The fourth-order valence-corrected chi connectivity index (χ4v) is 5.89. The van der Waals surface area contributed by atoms with E-state index >= 15 is 0 Å². The van der Waals surface area contributed by atoms with Gasteiger partial charge in [-0.1, -0.05) is 79.5 Å². The first-order valence-corrected chi connectivity index (χ1v) is 16.3. The van der Waals surface area contributed by atoms with Crippen molar-refractivity contribution in [3.05, 3.63) is 100 Å². The van der Waals surface area contributed by atoms with Crippen LogP contribution in [0.3, 0.4) is 0 Å². The number of nitrogens with zero attached hydrogens (tertiary/aromatic N) is 2. The molecular formula is C32H39ClFN3O4S. The van der Waals surface area contributed by atoms with Gasteiger partial charge in [-0.2, -0.15) is 0 Å². The molecule has 0 saturated heterocycles. The zero-order chi connectivity index (χ0) is 30.7. The average molecular weight is 616 g/mol. The summed E-state index contributed by atoms with van der Waals surface area (Å²) < 4.78 is 41.4. The van der Waals surface area contributed by atoms with Crippen molar-refractivity contribution < 1.29 is 22.4 Å². The monoisotopic (exact) mass is 615 g/mol. The first kappa shape index (κ1) is 33.1. The van der Waals surface area contributed by atoms with Gasteiger partial charge in [0.15, 0.2) is 0 Å². The Kier molecular flexibility index (Phi) is 12.4. The van der Waals surface area contributed by atoms with Crippen LogP contribution in [0.1, 0.15) is 49.3 Å². The lowest BCUT2D eigenvalue weighted by Gasteiger charge is -2.32. The van der Waals surface area contributed by atoms with Gasteiger partial charge in [-0.3, -0.25) is 13.9 Å². The zero-order valence-electron chi connectivity index (χ0n) is 24.4. The first-order chi connectivity index (χ1) is 20.0. The van der Waals surface area contributed by atoms with Crippen LogP contribution in [0, 0.1) is 12.7 Å². The molecule has 0 bridgehead atoms. The molecule has 0 radical (unpaired) electrons. The number of anilines is 1. The lowest BCUT2D eigenvalue weighted by molar-refractivity contribution is -0.141. The van der Waals surface area contributed by atoms with Gasteiger partial charge in [-0.25, -0.2) is 12.8 Å². The average Bonchev–Trinajstić information content (AvgIpc) is 2.95. The number of sulfonamides is 1. The van der Waals surface area contributed by atoms with Crippen molar-refractivity contribution in [3.63, 3.8) is 0 Å². The Morgan fingerprint density at radius 3 is 2.36 bits per heavy atom. The Bertz CT molecular complexity index is 1450. The van der Waals surface area contributed by atoms with Crippen molar-refractivity contribution >= 4 is 39.1 Å². The van der Waals surface area contributed by atoms with Crippen molar-refractivity contribution in [2.75, 3.05) is 23.7 Å². The summed E-state index contributed by atoms with van der Waals surface area (Å²) in [6.45, 7) is 4.20. The van der Waals surface area contributed by atoms with E-state index in [-0.39, 0.29) is 49.7 Å². The van der Waals surface area contributed by atoms with E-state index in [2.05, 4.69) is 5.32 Å². The van der Waals surface area contributed by atoms with Crippen LogP contribution in [0.2, 0.25) is 5.02 Å². The van der Waals surface area contributed by atoms with E-state index in [1.165, 1.54) is 15.3 Å². The minimum Gasteiger partial charge on any atom is -0.354 e. The number of carbonyl (C=O) groups is 2. The number of rotatable bonds is 15. The van der Waals surface area contributed by atoms with Gasteiger partial charge in [0.1, 0.15) is 11.9 Å². The van der Waals surface area contributed by atoms with Gasteiger partial charge in [0, 0.05) is 43.1 Å². The molecule has 0 fully saturated rings. The second-order valence-electron chi connectivity index (χ2n) is 10.3. The molecule has 0 unspecified atom stereocenters. The largest absolute Gasteiger partial charge is 0.354 e. The molecular weight excluding hydrogens is 577 g/mol. The van der Waals surface area contributed by atoms with Crippen LogP contribution in [0.15, 0.2) is 72.8 Å². The normalized spacial score (nSPS) is 12.0. The first-order valence-electron chi connectivity index (χ1n) is 14.1. The van der Waals surface area contributed by atoms with Crippen molar-refractivity contribution in [2.45, 2.75) is 58.5 Å². The Morgan fingerprint density at radius 2 is 1.69 bits per heavy atom. The van der Waals surface area contributed by atoms with E-state index in [1.807, 2.05) is 37.3 Å². The van der Waals surface area contributed by atoms with Crippen molar-refractivity contribution in [1.29, 1.82) is 0 Å². The van der Waals surface area contributed by atoms with E-state index in [0.717, 1.165) is 30.2 Å². The number of halogens is 2. The number of carbonyl (C=O) groups excluding carboxylic acids is 2. The summed E-state index contributed by atoms with van der Waals surface area (Å²) in [7, 11) is -3.68. The van der Waals surface area contributed by atoms with Gasteiger partial charge in [0.25, 0.3) is 0 Å². The zero-order valence-corrected chi connectivity index (χ0v) is 25.9. The predicted molar refractivity (Wildman–Crippen MR) is 166 cm³/mol. The van der Waals surface area contributed by atoms with Gasteiger partial charge in [0.05, 0.1) is 11.9 Å². The summed E-state index contributed by atoms with van der Waals surface area (Å²) in [6.07, 6.45) is 3.17. The second-order valence-corrected chi connectivity index (χ2v) is 12.7. The summed E-state index contributed by atoms with van der Waals surface area (Å²) in [4.78, 5) is 28.8. The molecule has 7 nitrogen and oxygen atoms in total. The van der Waals surface area contributed by atoms with Crippen LogP contribution >= 0.6 is 11.6 Å². The van der Waals surface area contributed by atoms with Crippen molar-refractivity contribution in [3.8, 4) is 0 Å². The Morgan fingerprint density at radius 1 is 1.00 bits per heavy atom. The smallest absolute Gasteiger partial charge is 0.243 e. The molecule has 0 aliphatic rings. The molecule has 3 aromatic rings. The van der Waals surface area contributed by atoms with Crippen LogP contribution in [0.25, 0.3) is 0 Å². The molecule has 3 aromatic carbocycles. The van der Waals surface area contributed by atoms with E-state index in [1.54, 1.807) is 43.3 Å². The summed E-state index contributed by atoms with van der Waals surface area (Å²) in [5.74, 6) is -1.16. The van der Waals surface area contributed by atoms with E-state index in [9.17, 15) is 22.4 Å². The van der Waals surface area contributed by atoms with Crippen LogP contribution in [0.4, 0.5) is 10.1 Å². The molecule has 0 aromatic heterocycles. The second kappa shape index (κ2) is 15.7. The Balaban J connectivity index is 1.90. The summed E-state index contributed by atoms with van der Waals surface area (Å²) in [5, 5.41) is 3.34. The highest BCUT2D eigenvalue weighted by Crippen LogP contribution is 2.27. The number of hydrogen-bond acceptors (Lipinski definition) is 4. The third-order valence-electron chi connectivity index (χ3n) is 6.99. The fraction of sp³-hybridized carbons (Fsp3) is 0.375. The standard InChI is InChI=1S/C32H39ClFN3O4S/c1-4-5-19-35-32(39)30(21-25-12-7-6-8-13-25)36(23-26-14-9-10-15-28(26)34)31(38)16-11-20-37(42(3,40)41)29-22-27(33)18-17-24(29)2/h6-10,12-15,17-18,22,30H,4-5,11,16,19-21,23H2,1-3H3,(H,35,39)/t30-/m1/s1. The summed E-state index contributed by atoms with van der Waals surface area (Å²) in [5.41, 5.74) is 2.32. The van der Waals surface area contributed by atoms with Crippen LogP contribution in [-0.4, -0.2) is 50.5 Å². The van der Waals surface area contributed by atoms with Gasteiger partial charge < -0.3 is 10.2 Å². The van der Waals surface area contributed by atoms with Crippen LogP contribution in [0.5, 0.6) is 0 Å². The molecule has 1 atom stereocenters. The number of benzene rings is 3. The molecule has 3 rings (SSSR count). The highest BCUT2D eigenvalue weighted by molar-refractivity contribution is 7.92. The quantitative estimate of drug-likeness (QED) is 0.216. The minimum absolute atomic E-state index is 0.0331. The molecule has 1 N–H and O–H groups in total. The minimum atomic E-state index is -3.68. The Hall–Kier alpha value is -3.43. The fourth-order valence-electron chi connectivity index (χ4n) is 4.70. The number of amides is 2. The molecule has 226 valence electrons. The van der Waals surface area contributed by atoms with Gasteiger partial charge in [0.2, 0.25) is 21.8 Å². The third-order valence-corrected chi connectivity index (χ3v) is 8.41. The highest BCUT2D eigenvalue weighted by atomic mass is 35.5. The molecule has 10 heteroatoms. The lowest BCUT2D eigenvalue weighted by atomic mass is 10.0. The summed E-state index contributed by atoms with van der Waals surface area (Å²) in [6, 6.07) is 19.7. The molecule has 0 saturated carbocycles. The maximum Gasteiger partial charge on any atom is 0.243 e.